The lowest BCUT2D eigenvalue weighted by molar-refractivity contribution is -0.241. The summed E-state index contributed by atoms with van der Waals surface area (Å²) >= 11 is 0. The number of methoxy groups -OCH3 is 1. The maximum atomic E-state index is 13.9. The van der Waals surface area contributed by atoms with E-state index in [9.17, 15) is 39.0 Å². The molecule has 3 amide bonds. The molecule has 2 aromatic carbocycles. The third-order valence-electron chi connectivity index (χ3n) is 10.1. The Kier molecular flexibility index (Phi) is 13.0. The van der Waals surface area contributed by atoms with Crippen LogP contribution in [-0.2, 0) is 42.9 Å². The fourth-order valence-electron chi connectivity index (χ4n) is 7.20. The zero-order chi connectivity index (χ0) is 40.8. The Morgan fingerprint density at radius 1 is 0.982 bits per heavy atom. The Labute approximate surface area is 325 Å². The van der Waals surface area contributed by atoms with Gasteiger partial charge in [-0.05, 0) is 43.4 Å². The number of esters is 1. The number of nitrogens with two attached hydrogens (primary N) is 1. The van der Waals surface area contributed by atoms with Gasteiger partial charge >= 0.3 is 11.7 Å². The largest absolute Gasteiger partial charge is 0.456 e. The minimum absolute atomic E-state index is 0.0928. The number of nitrogens with zero attached hydrogens (tertiary/aromatic N) is 1. The Balaban J connectivity index is 1.26. The molecule has 6 rings (SSSR count). The van der Waals surface area contributed by atoms with Gasteiger partial charge in [-0.25, -0.2) is 4.79 Å². The molecule has 3 aromatic rings. The summed E-state index contributed by atoms with van der Waals surface area (Å²) in [7, 11) is 1.22. The van der Waals surface area contributed by atoms with Crippen LogP contribution in [0.5, 0.6) is 0 Å². The van der Waals surface area contributed by atoms with Crippen molar-refractivity contribution in [2.24, 2.45) is 5.73 Å². The van der Waals surface area contributed by atoms with E-state index in [1.807, 2.05) is 67.6 Å². The Bertz CT molecular complexity index is 2020. The lowest BCUT2D eigenvalue weighted by atomic mass is 9.88. The van der Waals surface area contributed by atoms with Crippen molar-refractivity contribution in [2.75, 3.05) is 7.11 Å². The molecule has 3 aliphatic rings. The van der Waals surface area contributed by atoms with E-state index in [0.29, 0.717) is 19.3 Å². The first-order valence-corrected chi connectivity index (χ1v) is 18.4. The second-order valence-corrected chi connectivity index (χ2v) is 14.1. The SMILES string of the molecule is CO[C@H]1[C@@H](OC(=O)CC(c2ccccc2)c2ccccc2)[C@H](n2ccc(=O)[nH]c2=O)O[C@@H]1[C@@H](O[C@H]1OC(C(=O)N[C@H]2CCC[C@@H](C)NC2=O)=C[C@H](O)[C@@H]1O)C(N)=O. The van der Waals surface area contributed by atoms with Crippen LogP contribution in [0.15, 0.2) is 94.4 Å². The third-order valence-corrected chi connectivity index (χ3v) is 10.1. The highest BCUT2D eigenvalue weighted by Crippen LogP contribution is 2.37. The number of rotatable bonds is 13. The second kappa shape index (κ2) is 18.1. The van der Waals surface area contributed by atoms with Crippen LogP contribution in [0.2, 0.25) is 0 Å². The molecule has 0 unspecified atom stereocenters. The first-order valence-electron chi connectivity index (χ1n) is 18.4. The van der Waals surface area contributed by atoms with Gasteiger partial charge in [-0.1, -0.05) is 60.7 Å². The summed E-state index contributed by atoms with van der Waals surface area (Å²) in [6, 6.07) is 18.5. The standard InChI is InChI=1S/C39H45N5O13/c1-20-10-9-15-24(35(50)41-20)42-36(51)26-19-25(45)29(48)38(54-26)57-32(34(40)49)31-30(53-2)33(37(56-31)44-17-16-27(46)43-39(44)52)55-28(47)18-23(21-11-5-3-6-12-21)22-13-7-4-8-14-22/h3-8,11-14,16-17,19-20,23-25,29-33,37-38,45,48H,9-10,15,18H2,1-2H3,(H2,40,49)(H,41,50)(H,42,51)(H,43,46,52)/t20-,24+,25+,29+,30-,31+,32-,33-,37-,38-/m1/s1. The van der Waals surface area contributed by atoms with Crippen molar-refractivity contribution in [3.63, 3.8) is 0 Å². The maximum absolute atomic E-state index is 13.9. The molecule has 1 aromatic heterocycles. The summed E-state index contributed by atoms with van der Waals surface area (Å²) in [6.07, 6.45) is -9.84. The molecule has 0 aliphatic carbocycles. The molecule has 0 bridgehead atoms. The smallest absolute Gasteiger partial charge is 0.330 e. The number of ether oxygens (including phenoxy) is 5. The third kappa shape index (κ3) is 9.49. The highest BCUT2D eigenvalue weighted by Gasteiger charge is 2.55. The zero-order valence-electron chi connectivity index (χ0n) is 31.1. The van der Waals surface area contributed by atoms with Gasteiger partial charge in [-0.2, -0.15) is 0 Å². The van der Waals surface area contributed by atoms with Gasteiger partial charge in [-0.3, -0.25) is 33.5 Å². The topological polar surface area (TPSA) is 260 Å². The van der Waals surface area contributed by atoms with Gasteiger partial charge in [0.05, 0.1) is 6.42 Å². The van der Waals surface area contributed by atoms with Crippen LogP contribution < -0.4 is 27.6 Å². The maximum Gasteiger partial charge on any atom is 0.330 e. The number of aliphatic hydroxyl groups is 2. The van der Waals surface area contributed by atoms with Crippen molar-refractivity contribution in [2.45, 2.75) is 99.8 Å². The highest BCUT2D eigenvalue weighted by molar-refractivity contribution is 5.95. The van der Waals surface area contributed by atoms with Crippen LogP contribution in [0.25, 0.3) is 0 Å². The van der Waals surface area contributed by atoms with E-state index in [1.165, 1.54) is 7.11 Å². The fourth-order valence-corrected chi connectivity index (χ4v) is 7.20. The molecule has 7 N–H and O–H groups in total. The number of amides is 3. The number of aromatic amines is 1. The number of benzene rings is 2. The Hall–Kier alpha value is -5.66. The zero-order valence-corrected chi connectivity index (χ0v) is 31.1. The average molecular weight is 792 g/mol. The van der Waals surface area contributed by atoms with Gasteiger partial charge in [0.25, 0.3) is 11.5 Å². The normalized spacial score (nSPS) is 28.0. The average Bonchev–Trinajstić information content (AvgIpc) is 3.45. The summed E-state index contributed by atoms with van der Waals surface area (Å²) in [5, 5.41) is 26.9. The minimum atomic E-state index is -1.92. The number of hydrogen-bond donors (Lipinski definition) is 6. The molecular weight excluding hydrogens is 746 g/mol. The second-order valence-electron chi connectivity index (χ2n) is 14.1. The number of carbonyl (C=O) groups is 4. The molecule has 10 atom stereocenters. The van der Waals surface area contributed by atoms with Crippen molar-refractivity contribution < 1.29 is 53.1 Å². The number of nitrogens with one attached hydrogen (secondary N) is 3. The van der Waals surface area contributed by atoms with E-state index in [-0.39, 0.29) is 12.5 Å². The van der Waals surface area contributed by atoms with Gasteiger partial charge in [0.1, 0.15) is 30.5 Å². The van der Waals surface area contributed by atoms with Crippen LogP contribution in [0.1, 0.15) is 55.9 Å². The molecule has 0 radical (unpaired) electrons. The number of primary amides is 1. The van der Waals surface area contributed by atoms with E-state index >= 15 is 0 Å². The summed E-state index contributed by atoms with van der Waals surface area (Å²) in [4.78, 5) is 80.1. The highest BCUT2D eigenvalue weighted by atomic mass is 16.7. The van der Waals surface area contributed by atoms with E-state index in [1.54, 1.807) is 0 Å². The van der Waals surface area contributed by atoms with Crippen molar-refractivity contribution in [1.82, 2.24) is 20.2 Å². The minimum Gasteiger partial charge on any atom is -0.456 e. The van der Waals surface area contributed by atoms with Crippen molar-refractivity contribution in [3.05, 3.63) is 117 Å². The van der Waals surface area contributed by atoms with Crippen molar-refractivity contribution >= 4 is 23.7 Å². The quantitative estimate of drug-likeness (QED) is 0.121. The van der Waals surface area contributed by atoms with Crippen molar-refractivity contribution in [1.29, 1.82) is 0 Å². The lowest BCUT2D eigenvalue weighted by Crippen LogP contribution is -2.54. The van der Waals surface area contributed by atoms with Gasteiger partial charge in [0, 0.05) is 31.3 Å². The van der Waals surface area contributed by atoms with Crippen LogP contribution in [0.3, 0.4) is 0 Å². The van der Waals surface area contributed by atoms with Gasteiger partial charge in [0.15, 0.2) is 24.2 Å². The van der Waals surface area contributed by atoms with E-state index < -0.39 is 102 Å². The van der Waals surface area contributed by atoms with Crippen molar-refractivity contribution in [3.8, 4) is 0 Å². The van der Waals surface area contributed by atoms with E-state index in [4.69, 9.17) is 29.4 Å². The van der Waals surface area contributed by atoms with Crippen LogP contribution in [-0.4, -0.2) is 106 Å². The molecule has 0 saturated carbocycles. The number of carbonyl (C=O) groups excluding carboxylic acids is 4. The molecule has 304 valence electrons. The van der Waals surface area contributed by atoms with Crippen LogP contribution >= 0.6 is 0 Å². The molecule has 18 nitrogen and oxygen atoms in total. The first-order chi connectivity index (χ1) is 27.3. The Morgan fingerprint density at radius 3 is 2.26 bits per heavy atom. The monoisotopic (exact) mass is 791 g/mol. The molecule has 2 saturated heterocycles. The first kappa shape index (κ1) is 41.0. The molecule has 18 heteroatoms. The van der Waals surface area contributed by atoms with E-state index in [2.05, 4.69) is 15.6 Å². The summed E-state index contributed by atoms with van der Waals surface area (Å²) in [5.41, 5.74) is 5.78. The number of hydrogen-bond acceptors (Lipinski definition) is 13. The molecule has 3 aliphatic heterocycles. The van der Waals surface area contributed by atoms with Gasteiger partial charge < -0.3 is 50.3 Å². The van der Waals surface area contributed by atoms with E-state index in [0.717, 1.165) is 34.0 Å². The summed E-state index contributed by atoms with van der Waals surface area (Å²) < 4.78 is 30.3. The van der Waals surface area contributed by atoms with Crippen LogP contribution in [0, 0.1) is 0 Å². The van der Waals surface area contributed by atoms with Gasteiger partial charge in [-0.15, -0.1) is 0 Å². The predicted octanol–water partition coefficient (Wildman–Crippen LogP) is -0.411. The lowest BCUT2D eigenvalue weighted by Gasteiger charge is -2.35. The molecule has 4 heterocycles. The number of aliphatic hydroxyl groups excluding tert-OH is 2. The summed E-state index contributed by atoms with van der Waals surface area (Å²) in [6.45, 7) is 1.84. The Morgan fingerprint density at radius 2 is 1.65 bits per heavy atom. The van der Waals surface area contributed by atoms with Crippen LogP contribution in [0.4, 0.5) is 0 Å². The predicted molar refractivity (Wildman–Crippen MR) is 198 cm³/mol. The number of H-pyrrole nitrogens is 1. The molecular formula is C39H45N5O13. The molecule has 2 fully saturated rings. The number of aromatic nitrogens is 2. The molecule has 57 heavy (non-hydrogen) atoms. The fraction of sp³-hybridized carbons (Fsp3) is 0.436. The van der Waals surface area contributed by atoms with Gasteiger partial charge in [0.2, 0.25) is 18.1 Å². The molecule has 0 spiro atoms. The summed E-state index contributed by atoms with van der Waals surface area (Å²) in [5.74, 6) is -4.21.